The molecule has 2 rings (SSSR count). The van der Waals surface area contributed by atoms with Crippen molar-refractivity contribution in [2.75, 3.05) is 32.1 Å². The third-order valence-corrected chi connectivity index (χ3v) is 4.04. The summed E-state index contributed by atoms with van der Waals surface area (Å²) in [6, 6.07) is 0.889. The maximum atomic E-state index is 12.8. The van der Waals surface area contributed by atoms with Crippen LogP contribution in [0.25, 0.3) is 0 Å². The quantitative estimate of drug-likeness (QED) is 0.853. The molecule has 1 saturated heterocycles. The van der Waals surface area contributed by atoms with Crippen molar-refractivity contribution >= 4 is 11.9 Å². The fourth-order valence-corrected chi connectivity index (χ4v) is 2.77. The summed E-state index contributed by atoms with van der Waals surface area (Å²) in [4.78, 5) is 19.6. The first kappa shape index (κ1) is 18.4. The zero-order chi connectivity index (χ0) is 17.7. The molecule has 1 fully saturated rings. The molecule has 1 aromatic rings. The number of carbonyl (C=O) groups is 1. The van der Waals surface area contributed by atoms with E-state index >= 15 is 0 Å². The molecule has 2 N–H and O–H groups in total. The van der Waals surface area contributed by atoms with Gasteiger partial charge in [0.1, 0.15) is 5.69 Å². The van der Waals surface area contributed by atoms with Gasteiger partial charge < -0.3 is 15.4 Å². The first-order valence-corrected chi connectivity index (χ1v) is 7.77. The minimum Gasteiger partial charge on any atom is -0.381 e. The topological polar surface area (TPSA) is 76.1 Å². The average molecular weight is 346 g/mol. The number of rotatable bonds is 5. The number of anilines is 1. The van der Waals surface area contributed by atoms with Crippen molar-refractivity contribution in [3.63, 3.8) is 0 Å². The summed E-state index contributed by atoms with van der Waals surface area (Å²) in [5.41, 5.74) is -0.789. The third kappa shape index (κ3) is 4.80. The molecule has 24 heavy (non-hydrogen) atoms. The molecule has 0 bridgehead atoms. The smallest absolute Gasteiger partial charge is 0.381 e. The maximum Gasteiger partial charge on any atom is 0.433 e. The van der Waals surface area contributed by atoms with Crippen LogP contribution in [0.2, 0.25) is 0 Å². The van der Waals surface area contributed by atoms with Crippen LogP contribution in [0.5, 0.6) is 0 Å². The standard InChI is InChI=1S/C15H21F3N4O2/c1-9-7-12(15(16,17)18)22-14(21-9)20-8-11(13(23)19-2)10-3-5-24-6-4-10/h7,10-11H,3-6,8H2,1-2H3,(H,19,23)(H,20,21,22). The predicted molar refractivity (Wildman–Crippen MR) is 81.4 cm³/mol. The van der Waals surface area contributed by atoms with Gasteiger partial charge in [-0.2, -0.15) is 13.2 Å². The Bertz CT molecular complexity index is 574. The van der Waals surface area contributed by atoms with Gasteiger partial charge in [0.25, 0.3) is 0 Å². The largest absolute Gasteiger partial charge is 0.433 e. The van der Waals surface area contributed by atoms with E-state index in [4.69, 9.17) is 4.74 Å². The second-order valence-corrected chi connectivity index (χ2v) is 5.77. The molecule has 1 atom stereocenters. The zero-order valence-corrected chi connectivity index (χ0v) is 13.6. The Hall–Kier alpha value is -1.90. The van der Waals surface area contributed by atoms with Crippen LogP contribution in [-0.4, -0.2) is 42.7 Å². The lowest BCUT2D eigenvalue weighted by Crippen LogP contribution is -2.39. The first-order valence-electron chi connectivity index (χ1n) is 7.77. The highest BCUT2D eigenvalue weighted by Gasteiger charge is 2.34. The lowest BCUT2D eigenvalue weighted by atomic mass is 9.85. The lowest BCUT2D eigenvalue weighted by Gasteiger charge is -2.29. The molecule has 6 nitrogen and oxygen atoms in total. The molecule has 1 amide bonds. The van der Waals surface area contributed by atoms with Crippen LogP contribution in [0.4, 0.5) is 19.1 Å². The molecule has 1 aliphatic rings. The summed E-state index contributed by atoms with van der Waals surface area (Å²) in [7, 11) is 1.54. The Labute approximate surface area is 138 Å². The Kier molecular flexibility index (Phi) is 5.98. The van der Waals surface area contributed by atoms with E-state index in [1.54, 1.807) is 7.05 Å². The Morgan fingerprint density at radius 3 is 2.62 bits per heavy atom. The Morgan fingerprint density at radius 2 is 2.04 bits per heavy atom. The molecule has 0 spiro atoms. The molecule has 9 heteroatoms. The first-order chi connectivity index (χ1) is 11.3. The van der Waals surface area contributed by atoms with Crippen molar-refractivity contribution in [1.82, 2.24) is 15.3 Å². The van der Waals surface area contributed by atoms with Gasteiger partial charge in [0.2, 0.25) is 11.9 Å². The number of nitrogens with one attached hydrogen (secondary N) is 2. The summed E-state index contributed by atoms with van der Waals surface area (Å²) < 4.78 is 43.8. The van der Waals surface area contributed by atoms with Crippen LogP contribution in [0.15, 0.2) is 6.07 Å². The lowest BCUT2D eigenvalue weighted by molar-refractivity contribution is -0.141. The van der Waals surface area contributed by atoms with Crippen molar-refractivity contribution in [3.8, 4) is 0 Å². The number of aryl methyl sites for hydroxylation is 1. The van der Waals surface area contributed by atoms with Crippen LogP contribution in [-0.2, 0) is 15.7 Å². The van der Waals surface area contributed by atoms with Gasteiger partial charge in [-0.3, -0.25) is 4.79 Å². The monoisotopic (exact) mass is 346 g/mol. The van der Waals surface area contributed by atoms with Gasteiger partial charge in [-0.05, 0) is 31.7 Å². The van der Waals surface area contributed by atoms with Crippen molar-refractivity contribution in [2.24, 2.45) is 11.8 Å². The molecular weight excluding hydrogens is 325 g/mol. The summed E-state index contributed by atoms with van der Waals surface area (Å²) in [5.74, 6) is -0.545. The highest BCUT2D eigenvalue weighted by atomic mass is 19.4. The van der Waals surface area contributed by atoms with E-state index < -0.39 is 11.9 Å². The van der Waals surface area contributed by atoms with Crippen molar-refractivity contribution in [1.29, 1.82) is 0 Å². The highest BCUT2D eigenvalue weighted by Crippen LogP contribution is 2.29. The van der Waals surface area contributed by atoms with Crippen LogP contribution in [0.3, 0.4) is 0 Å². The van der Waals surface area contributed by atoms with Crippen LogP contribution < -0.4 is 10.6 Å². The second-order valence-electron chi connectivity index (χ2n) is 5.77. The fraction of sp³-hybridized carbons (Fsp3) is 0.667. The van der Waals surface area contributed by atoms with Gasteiger partial charge in [-0.25, -0.2) is 9.97 Å². The molecular formula is C15H21F3N4O2. The molecule has 134 valence electrons. The SMILES string of the molecule is CNC(=O)C(CNc1nc(C)cc(C(F)(F)F)n1)C1CCOCC1. The summed E-state index contributed by atoms with van der Waals surface area (Å²) >= 11 is 0. The van der Waals surface area contributed by atoms with Gasteiger partial charge >= 0.3 is 6.18 Å². The van der Waals surface area contributed by atoms with Gasteiger partial charge in [-0.15, -0.1) is 0 Å². The predicted octanol–water partition coefficient (Wildman–Crippen LogP) is 2.00. The van der Waals surface area contributed by atoms with Gasteiger partial charge in [-0.1, -0.05) is 0 Å². The van der Waals surface area contributed by atoms with E-state index in [-0.39, 0.29) is 35.9 Å². The zero-order valence-electron chi connectivity index (χ0n) is 13.6. The van der Waals surface area contributed by atoms with Crippen molar-refractivity contribution in [2.45, 2.75) is 25.9 Å². The molecule has 1 aliphatic heterocycles. The van der Waals surface area contributed by atoms with Crippen LogP contribution in [0.1, 0.15) is 24.2 Å². The third-order valence-electron chi connectivity index (χ3n) is 4.04. The van der Waals surface area contributed by atoms with E-state index in [0.717, 1.165) is 18.9 Å². The Morgan fingerprint density at radius 1 is 1.38 bits per heavy atom. The molecule has 0 aromatic carbocycles. The number of aromatic nitrogens is 2. The van der Waals surface area contributed by atoms with E-state index in [1.807, 2.05) is 0 Å². The minimum atomic E-state index is -4.54. The molecule has 1 aromatic heterocycles. The minimum absolute atomic E-state index is 0.109. The van der Waals surface area contributed by atoms with Crippen molar-refractivity contribution in [3.05, 3.63) is 17.5 Å². The molecule has 0 saturated carbocycles. The molecule has 1 unspecified atom stereocenters. The molecule has 2 heterocycles. The normalized spacial score (nSPS) is 17.4. The Balaban J connectivity index is 2.11. The van der Waals surface area contributed by atoms with Gasteiger partial charge in [0, 0.05) is 32.5 Å². The van der Waals surface area contributed by atoms with Crippen LogP contribution in [0, 0.1) is 18.8 Å². The number of amides is 1. The molecule has 0 aliphatic carbocycles. The number of hydrogen-bond donors (Lipinski definition) is 2. The number of alkyl halides is 3. The summed E-state index contributed by atoms with van der Waals surface area (Å²) in [6.45, 7) is 2.80. The van der Waals surface area contributed by atoms with E-state index in [0.29, 0.717) is 13.2 Å². The maximum absolute atomic E-state index is 12.8. The molecule has 0 radical (unpaired) electrons. The average Bonchev–Trinajstić information content (AvgIpc) is 2.54. The van der Waals surface area contributed by atoms with Gasteiger partial charge in [0.05, 0.1) is 5.92 Å². The highest BCUT2D eigenvalue weighted by molar-refractivity contribution is 5.79. The number of hydrogen-bond acceptors (Lipinski definition) is 5. The number of ether oxygens (including phenoxy) is 1. The van der Waals surface area contributed by atoms with Gasteiger partial charge in [0.15, 0.2) is 0 Å². The number of nitrogens with zero attached hydrogens (tertiary/aromatic N) is 2. The summed E-state index contributed by atoms with van der Waals surface area (Å²) in [6.07, 6.45) is -3.06. The fourth-order valence-electron chi connectivity index (χ4n) is 2.77. The van der Waals surface area contributed by atoms with Crippen molar-refractivity contribution < 1.29 is 22.7 Å². The second kappa shape index (κ2) is 7.78. The number of carbonyl (C=O) groups excluding carboxylic acids is 1. The summed E-state index contributed by atoms with van der Waals surface area (Å²) in [5, 5.41) is 5.39. The van der Waals surface area contributed by atoms with E-state index in [2.05, 4.69) is 20.6 Å². The number of halogens is 3. The van der Waals surface area contributed by atoms with Crippen LogP contribution >= 0.6 is 0 Å². The van der Waals surface area contributed by atoms with E-state index in [9.17, 15) is 18.0 Å². The van der Waals surface area contributed by atoms with E-state index in [1.165, 1.54) is 6.92 Å².